The van der Waals surface area contributed by atoms with Gasteiger partial charge in [-0.25, -0.2) is 13.1 Å². The topological polar surface area (TPSA) is 95.6 Å². The van der Waals surface area contributed by atoms with E-state index in [9.17, 15) is 18.0 Å². The third-order valence-corrected chi connectivity index (χ3v) is 8.30. The van der Waals surface area contributed by atoms with Crippen molar-refractivity contribution in [3.8, 4) is 0 Å². The number of aryl methyl sites for hydroxylation is 2. The SMILES string of the molecule is Cc1ccc(NC(=O)C2CSCN2C(=O)c2cccc(S(=O)(=O)NCC3CC3)c2)cc1C. The maximum Gasteiger partial charge on any atom is 0.255 e. The van der Waals surface area contributed by atoms with Gasteiger partial charge in [-0.05, 0) is 74.1 Å². The maximum absolute atomic E-state index is 13.2. The third kappa shape index (κ3) is 5.16. The number of amides is 2. The van der Waals surface area contributed by atoms with Gasteiger partial charge < -0.3 is 10.2 Å². The van der Waals surface area contributed by atoms with Crippen molar-refractivity contribution in [2.45, 2.75) is 37.6 Å². The van der Waals surface area contributed by atoms with Gasteiger partial charge in [-0.3, -0.25) is 9.59 Å². The van der Waals surface area contributed by atoms with Crippen LogP contribution in [0, 0.1) is 19.8 Å². The molecule has 1 aliphatic heterocycles. The van der Waals surface area contributed by atoms with E-state index in [0.717, 1.165) is 24.0 Å². The maximum atomic E-state index is 13.2. The van der Waals surface area contributed by atoms with Gasteiger partial charge >= 0.3 is 0 Å². The van der Waals surface area contributed by atoms with Crippen LogP contribution in [0.5, 0.6) is 0 Å². The Morgan fingerprint density at radius 2 is 1.88 bits per heavy atom. The molecule has 4 rings (SSSR count). The number of rotatable bonds is 7. The van der Waals surface area contributed by atoms with Crippen molar-refractivity contribution >= 4 is 39.3 Å². The van der Waals surface area contributed by atoms with Crippen molar-refractivity contribution < 1.29 is 18.0 Å². The summed E-state index contributed by atoms with van der Waals surface area (Å²) in [6.45, 7) is 4.40. The van der Waals surface area contributed by atoms with E-state index in [2.05, 4.69) is 10.0 Å². The average Bonchev–Trinajstić information content (AvgIpc) is 3.48. The lowest BCUT2D eigenvalue weighted by molar-refractivity contribution is -0.119. The Hall–Kier alpha value is -2.36. The highest BCUT2D eigenvalue weighted by molar-refractivity contribution is 7.99. The summed E-state index contributed by atoms with van der Waals surface area (Å²) in [4.78, 5) is 27.7. The third-order valence-electron chi connectivity index (χ3n) is 5.87. The minimum Gasteiger partial charge on any atom is -0.324 e. The zero-order chi connectivity index (χ0) is 22.9. The summed E-state index contributed by atoms with van der Waals surface area (Å²) in [5.41, 5.74) is 3.16. The molecule has 0 spiro atoms. The number of nitrogens with one attached hydrogen (secondary N) is 2. The van der Waals surface area contributed by atoms with Crippen LogP contribution in [0.15, 0.2) is 47.4 Å². The lowest BCUT2D eigenvalue weighted by Crippen LogP contribution is -2.44. The molecule has 7 nitrogen and oxygen atoms in total. The second-order valence-corrected chi connectivity index (χ2v) is 11.2. The van der Waals surface area contributed by atoms with Crippen LogP contribution in [-0.4, -0.2) is 49.3 Å². The van der Waals surface area contributed by atoms with E-state index in [-0.39, 0.29) is 22.3 Å². The summed E-state index contributed by atoms with van der Waals surface area (Å²) in [6, 6.07) is 11.1. The molecule has 2 amide bonds. The second-order valence-electron chi connectivity index (χ2n) is 8.40. The molecule has 2 aromatic rings. The van der Waals surface area contributed by atoms with Gasteiger partial charge in [0.2, 0.25) is 15.9 Å². The van der Waals surface area contributed by atoms with E-state index >= 15 is 0 Å². The van der Waals surface area contributed by atoms with Crippen molar-refractivity contribution in [2.24, 2.45) is 5.92 Å². The molecule has 2 N–H and O–H groups in total. The van der Waals surface area contributed by atoms with Gasteiger partial charge in [0.25, 0.3) is 5.91 Å². The van der Waals surface area contributed by atoms with Crippen molar-refractivity contribution in [3.63, 3.8) is 0 Å². The second kappa shape index (κ2) is 9.25. The first kappa shape index (κ1) is 22.8. The molecule has 0 radical (unpaired) electrons. The van der Waals surface area contributed by atoms with Crippen molar-refractivity contribution in [2.75, 3.05) is 23.5 Å². The average molecular weight is 474 g/mol. The molecule has 0 aromatic heterocycles. The number of thioether (sulfide) groups is 1. The Labute approximate surface area is 193 Å². The lowest BCUT2D eigenvalue weighted by atomic mass is 10.1. The molecule has 2 aromatic carbocycles. The Balaban J connectivity index is 1.48. The monoisotopic (exact) mass is 473 g/mol. The molecule has 1 atom stereocenters. The minimum atomic E-state index is -3.68. The number of anilines is 1. The molecule has 1 unspecified atom stereocenters. The standard InChI is InChI=1S/C23H27N3O4S2/c1-15-6-9-19(10-16(15)2)25-22(27)21-13-31-14-26(21)23(28)18-4-3-5-20(11-18)32(29,30)24-12-17-7-8-17/h3-6,9-11,17,21,24H,7-8,12-14H2,1-2H3,(H,25,27). The van der Waals surface area contributed by atoms with Crippen LogP contribution in [0.25, 0.3) is 0 Å². The predicted octanol–water partition coefficient (Wildman–Crippen LogP) is 3.15. The summed E-state index contributed by atoms with van der Waals surface area (Å²) in [5, 5.41) is 2.91. The summed E-state index contributed by atoms with van der Waals surface area (Å²) in [5.74, 6) is 0.674. The highest BCUT2D eigenvalue weighted by Crippen LogP contribution is 2.29. The molecule has 1 heterocycles. The molecular formula is C23H27N3O4S2. The molecule has 1 aliphatic carbocycles. The number of benzene rings is 2. The van der Waals surface area contributed by atoms with E-state index in [1.54, 1.807) is 12.1 Å². The number of nitrogens with zero attached hydrogens (tertiary/aromatic N) is 1. The number of hydrogen-bond donors (Lipinski definition) is 2. The van der Waals surface area contributed by atoms with Crippen LogP contribution in [0.1, 0.15) is 34.3 Å². The van der Waals surface area contributed by atoms with Gasteiger partial charge in [-0.1, -0.05) is 12.1 Å². The van der Waals surface area contributed by atoms with Crippen molar-refractivity contribution in [1.29, 1.82) is 0 Å². The van der Waals surface area contributed by atoms with Gasteiger partial charge in [0, 0.05) is 23.5 Å². The first-order valence-corrected chi connectivity index (χ1v) is 13.2. The zero-order valence-corrected chi connectivity index (χ0v) is 19.8. The normalized spacial score (nSPS) is 18.6. The molecule has 1 saturated carbocycles. The van der Waals surface area contributed by atoms with E-state index in [0.29, 0.717) is 29.8 Å². The Bertz CT molecular complexity index is 1150. The minimum absolute atomic E-state index is 0.0620. The van der Waals surface area contributed by atoms with Gasteiger partial charge in [0.05, 0.1) is 10.8 Å². The molecular weight excluding hydrogens is 446 g/mol. The first-order chi connectivity index (χ1) is 15.2. The van der Waals surface area contributed by atoms with E-state index in [1.807, 2.05) is 32.0 Å². The largest absolute Gasteiger partial charge is 0.324 e. The molecule has 32 heavy (non-hydrogen) atoms. The number of sulfonamides is 1. The molecule has 2 fully saturated rings. The molecule has 9 heteroatoms. The Morgan fingerprint density at radius 1 is 1.09 bits per heavy atom. The smallest absolute Gasteiger partial charge is 0.255 e. The van der Waals surface area contributed by atoms with Crippen LogP contribution in [0.3, 0.4) is 0 Å². The summed E-state index contributed by atoms with van der Waals surface area (Å²) in [6.07, 6.45) is 2.08. The summed E-state index contributed by atoms with van der Waals surface area (Å²) >= 11 is 1.50. The fraction of sp³-hybridized carbons (Fsp3) is 0.391. The van der Waals surface area contributed by atoms with Gasteiger partial charge in [0.1, 0.15) is 6.04 Å². The van der Waals surface area contributed by atoms with E-state index < -0.39 is 16.1 Å². The van der Waals surface area contributed by atoms with Gasteiger partial charge in [-0.15, -0.1) is 11.8 Å². The number of carbonyl (C=O) groups is 2. The molecule has 0 bridgehead atoms. The predicted molar refractivity (Wildman–Crippen MR) is 126 cm³/mol. The van der Waals surface area contributed by atoms with Crippen molar-refractivity contribution in [1.82, 2.24) is 9.62 Å². The number of carbonyl (C=O) groups excluding carboxylic acids is 2. The highest BCUT2D eigenvalue weighted by atomic mass is 32.2. The van der Waals surface area contributed by atoms with E-state index in [1.165, 1.54) is 28.8 Å². The van der Waals surface area contributed by atoms with Crippen LogP contribution in [0.2, 0.25) is 0 Å². The van der Waals surface area contributed by atoms with Crippen LogP contribution in [0.4, 0.5) is 5.69 Å². The van der Waals surface area contributed by atoms with Crippen molar-refractivity contribution in [3.05, 3.63) is 59.2 Å². The van der Waals surface area contributed by atoms with Crippen LogP contribution >= 0.6 is 11.8 Å². The molecule has 2 aliphatic rings. The van der Waals surface area contributed by atoms with Crippen LogP contribution < -0.4 is 10.0 Å². The molecule has 170 valence electrons. The quantitative estimate of drug-likeness (QED) is 0.644. The Kier molecular flexibility index (Phi) is 6.60. The molecule has 1 saturated heterocycles. The Morgan fingerprint density at radius 3 is 2.59 bits per heavy atom. The fourth-order valence-corrected chi connectivity index (χ4v) is 5.82. The number of hydrogen-bond acceptors (Lipinski definition) is 5. The van der Waals surface area contributed by atoms with Crippen LogP contribution in [-0.2, 0) is 14.8 Å². The zero-order valence-electron chi connectivity index (χ0n) is 18.1. The summed E-state index contributed by atoms with van der Waals surface area (Å²) < 4.78 is 27.8. The van der Waals surface area contributed by atoms with E-state index in [4.69, 9.17) is 0 Å². The fourth-order valence-electron chi connectivity index (χ4n) is 3.50. The summed E-state index contributed by atoms with van der Waals surface area (Å²) in [7, 11) is -3.68. The lowest BCUT2D eigenvalue weighted by Gasteiger charge is -2.23. The van der Waals surface area contributed by atoms with Gasteiger partial charge in [0.15, 0.2) is 0 Å². The highest BCUT2D eigenvalue weighted by Gasteiger charge is 2.35. The first-order valence-electron chi connectivity index (χ1n) is 10.6. The van der Waals surface area contributed by atoms with Gasteiger partial charge in [-0.2, -0.15) is 0 Å².